The van der Waals surface area contributed by atoms with Gasteiger partial charge in [0.05, 0.1) is 0 Å². The second kappa shape index (κ2) is 42.9. The van der Waals surface area contributed by atoms with Crippen molar-refractivity contribution in [1.82, 2.24) is 124 Å². The van der Waals surface area contributed by atoms with Gasteiger partial charge in [-0.15, -0.1) is 25.5 Å². The van der Waals surface area contributed by atoms with Crippen molar-refractivity contribution in [3.8, 4) is 29.4 Å². The van der Waals surface area contributed by atoms with Crippen LogP contribution in [-0.4, -0.2) is 156 Å². The van der Waals surface area contributed by atoms with E-state index in [0.717, 1.165) is 32.7 Å². The molecule has 460 valence electrons. The van der Waals surface area contributed by atoms with Crippen molar-refractivity contribution in [3.05, 3.63) is 92.7 Å². The smallest absolute Gasteiger partial charge is 0.253 e. The van der Waals surface area contributed by atoms with Crippen LogP contribution >= 0.6 is 0 Å². The van der Waals surface area contributed by atoms with Gasteiger partial charge in [0.15, 0.2) is 17.5 Å². The number of nitrogens with two attached hydrogens (primary N) is 5. The highest BCUT2D eigenvalue weighted by Crippen LogP contribution is 2.14. The molecule has 0 aliphatic carbocycles. The normalized spacial score (nSPS) is 9.35. The van der Waals surface area contributed by atoms with Gasteiger partial charge in [-0.2, -0.15) is 48.3 Å². The summed E-state index contributed by atoms with van der Waals surface area (Å²) in [6.07, 6.45) is 15.7. The highest BCUT2D eigenvalue weighted by molar-refractivity contribution is 5.41. The van der Waals surface area contributed by atoms with Gasteiger partial charge in [0, 0.05) is 94.3 Å². The number of nitrogens with zero attached hydrogens (tertiary/aromatic N) is 25. The van der Waals surface area contributed by atoms with Gasteiger partial charge in [-0.3, -0.25) is 0 Å². The van der Waals surface area contributed by atoms with Crippen LogP contribution in [0.25, 0.3) is 29.4 Å². The highest BCUT2D eigenvalue weighted by atomic mass is 15.5. The predicted molar refractivity (Wildman–Crippen MR) is 334 cm³/mol. The number of anilines is 10. The third kappa shape index (κ3) is 24.0. The standard InChI is InChI=1S/5C8H11N7.5C2H6/c2*1-2-11-8-13-7(9)15(14-8)6-3-4-10-5-12-6;1-2-11-8-13-7(9)14-15(8)6-3-4-10-5-12-6;2*1-2-10-8-13-6(9)14-15(8)7-11-4-3-5-12-7;5*1-2/h3*3-5H,2H2,1H3,(H3,9,11,13,14);2*3-5H,2H2,1H3,(H3,9,10,13,14);5*1-2H3. The Morgan fingerprint density at radius 3 is 0.894 bits per heavy atom. The number of aromatic nitrogens is 25. The lowest BCUT2D eigenvalue weighted by molar-refractivity contribution is 0.811. The van der Waals surface area contributed by atoms with Gasteiger partial charge in [0.1, 0.15) is 19.0 Å². The van der Waals surface area contributed by atoms with E-state index >= 15 is 0 Å². The molecule has 0 amide bonds. The molecule has 0 radical (unpaired) electrons. The summed E-state index contributed by atoms with van der Waals surface area (Å²) in [4.78, 5) is 59.9. The summed E-state index contributed by atoms with van der Waals surface area (Å²) < 4.78 is 7.40. The highest BCUT2D eigenvalue weighted by Gasteiger charge is 2.13. The minimum atomic E-state index is 0.193. The van der Waals surface area contributed by atoms with Crippen molar-refractivity contribution in [1.29, 1.82) is 0 Å². The van der Waals surface area contributed by atoms with Crippen molar-refractivity contribution >= 4 is 59.5 Å². The largest absolute Gasteiger partial charge is 0.368 e. The first-order valence-electron chi connectivity index (χ1n) is 27.7. The monoisotopic (exact) mass is 1180 g/mol. The molecule has 10 heterocycles. The average Bonchev–Trinajstić information content (AvgIpc) is 4.61. The predicted octanol–water partition coefficient (Wildman–Crippen LogP) is 5.49. The molecule has 35 heteroatoms. The molecule has 0 fully saturated rings. The van der Waals surface area contributed by atoms with E-state index in [4.69, 9.17) is 28.7 Å². The van der Waals surface area contributed by atoms with Crippen LogP contribution in [0, 0.1) is 0 Å². The maximum Gasteiger partial charge on any atom is 0.253 e. The molecule has 85 heavy (non-hydrogen) atoms. The number of hydrogen-bond donors (Lipinski definition) is 10. The number of hydrogen-bond acceptors (Lipinski definition) is 30. The molecule has 0 atom stereocenters. The molecule has 10 aromatic heterocycles. The molecule has 0 aromatic carbocycles. The molecule has 15 N–H and O–H groups in total. The molecule has 10 rings (SSSR count). The summed E-state index contributed by atoms with van der Waals surface area (Å²) in [7, 11) is 0. The zero-order chi connectivity index (χ0) is 63.4. The molecule has 0 bridgehead atoms. The lowest BCUT2D eigenvalue weighted by Crippen LogP contribution is -2.09. The van der Waals surface area contributed by atoms with Crippen LogP contribution in [-0.2, 0) is 0 Å². The molecule has 0 unspecified atom stereocenters. The summed E-state index contributed by atoms with van der Waals surface area (Å²) in [6.45, 7) is 33.5. The lowest BCUT2D eigenvalue weighted by Gasteiger charge is -2.03. The fraction of sp³-hybridized carbons (Fsp3) is 0.400. The Morgan fingerprint density at radius 2 is 0.612 bits per heavy atom. The van der Waals surface area contributed by atoms with E-state index in [9.17, 15) is 0 Å². The Balaban J connectivity index is 0.000000511. The second-order valence-electron chi connectivity index (χ2n) is 14.0. The summed E-state index contributed by atoms with van der Waals surface area (Å²) in [5, 5.41) is 35.4. The van der Waals surface area contributed by atoms with E-state index in [2.05, 4.69) is 127 Å². The maximum atomic E-state index is 5.69. The Labute approximate surface area is 495 Å². The van der Waals surface area contributed by atoms with Gasteiger partial charge in [0.25, 0.3) is 11.9 Å². The number of rotatable bonds is 15. The van der Waals surface area contributed by atoms with Crippen LogP contribution < -0.4 is 55.3 Å². The minimum Gasteiger partial charge on any atom is -0.368 e. The first-order chi connectivity index (χ1) is 41.5. The van der Waals surface area contributed by atoms with Crippen molar-refractivity contribution in [2.24, 2.45) is 0 Å². The zero-order valence-corrected chi connectivity index (χ0v) is 51.3. The number of nitrogen functional groups attached to an aromatic ring is 5. The molecular weight excluding hydrogens is 1090 g/mol. The molecule has 10 aromatic rings. The van der Waals surface area contributed by atoms with Crippen molar-refractivity contribution in [2.75, 3.05) is 88.0 Å². The van der Waals surface area contributed by atoms with Gasteiger partial charge < -0.3 is 55.3 Å². The summed E-state index contributed by atoms with van der Waals surface area (Å²) in [6, 6.07) is 8.61. The van der Waals surface area contributed by atoms with E-state index in [1.54, 1.807) is 78.4 Å². The summed E-state index contributed by atoms with van der Waals surface area (Å²) in [5.41, 5.74) is 27.9. The SMILES string of the molecule is CC.CC.CC.CC.CC.CCNc1nc(N)n(-c2ccncn2)n1.CCNc1nc(N)n(-c2ccncn2)n1.CCNc1nc(N)nn1-c1ccncn1.CCNc1nc(N)nn1-c1ncccn1.CCNc1nc(N)nn1-c1ncccn1. The van der Waals surface area contributed by atoms with Crippen LogP contribution in [0.1, 0.15) is 104 Å². The summed E-state index contributed by atoms with van der Waals surface area (Å²) >= 11 is 0. The molecule has 0 saturated carbocycles. The molecule has 0 spiro atoms. The van der Waals surface area contributed by atoms with Crippen molar-refractivity contribution in [3.63, 3.8) is 0 Å². The molecular formula is C50H85N35. The van der Waals surface area contributed by atoms with Crippen LogP contribution in [0.15, 0.2) is 92.7 Å². The van der Waals surface area contributed by atoms with Crippen LogP contribution in [0.3, 0.4) is 0 Å². The van der Waals surface area contributed by atoms with Crippen molar-refractivity contribution < 1.29 is 0 Å². The number of nitrogens with one attached hydrogen (secondary N) is 5. The zero-order valence-electron chi connectivity index (χ0n) is 51.3. The Morgan fingerprint density at radius 1 is 0.329 bits per heavy atom. The molecule has 0 aliphatic heterocycles. The van der Waals surface area contributed by atoms with E-state index in [1.807, 2.05) is 104 Å². The second-order valence-corrected chi connectivity index (χ2v) is 14.0. The molecule has 35 nitrogen and oxygen atoms in total. The van der Waals surface area contributed by atoms with Crippen LogP contribution in [0.2, 0.25) is 0 Å². The van der Waals surface area contributed by atoms with Crippen LogP contribution in [0.4, 0.5) is 59.5 Å². The third-order valence-corrected chi connectivity index (χ3v) is 8.64. The van der Waals surface area contributed by atoms with Gasteiger partial charge in [-0.05, 0) is 46.8 Å². The van der Waals surface area contributed by atoms with Gasteiger partial charge in [-0.1, -0.05) is 69.2 Å². The van der Waals surface area contributed by atoms with Gasteiger partial charge in [0.2, 0.25) is 59.5 Å². The maximum absolute atomic E-state index is 5.69. The van der Waals surface area contributed by atoms with Crippen LogP contribution in [0.5, 0.6) is 0 Å². The van der Waals surface area contributed by atoms with E-state index in [1.165, 1.54) is 37.7 Å². The Kier molecular flexibility index (Phi) is 36.4. The Hall–Kier alpha value is -10.9. The fourth-order valence-electron chi connectivity index (χ4n) is 5.72. The summed E-state index contributed by atoms with van der Waals surface area (Å²) in [5.74, 6) is 6.55. The van der Waals surface area contributed by atoms with Gasteiger partial charge >= 0.3 is 0 Å². The third-order valence-electron chi connectivity index (χ3n) is 8.64. The molecule has 0 aliphatic rings. The van der Waals surface area contributed by atoms with E-state index in [0.29, 0.717) is 71.0 Å². The van der Waals surface area contributed by atoms with E-state index in [-0.39, 0.29) is 17.8 Å². The average molecular weight is 1180 g/mol. The van der Waals surface area contributed by atoms with Gasteiger partial charge in [-0.25, -0.2) is 49.8 Å². The molecule has 0 saturated heterocycles. The topological polar surface area (TPSA) is 473 Å². The van der Waals surface area contributed by atoms with Crippen molar-refractivity contribution in [2.45, 2.75) is 104 Å². The Bertz CT molecular complexity index is 2890. The first kappa shape index (κ1) is 72.1. The quantitative estimate of drug-likeness (QED) is 0.0606. The lowest BCUT2D eigenvalue weighted by atomic mass is 10.6. The van der Waals surface area contributed by atoms with E-state index < -0.39 is 0 Å². The fourth-order valence-corrected chi connectivity index (χ4v) is 5.72. The first-order valence-corrected chi connectivity index (χ1v) is 27.7. The minimum absolute atomic E-state index is 0.193.